The number of para-hydroxylation sites is 2. The fourth-order valence-electron chi connectivity index (χ4n) is 7.45. The quantitative estimate of drug-likeness (QED) is 0.218. The van der Waals surface area contributed by atoms with Crippen LogP contribution in [-0.4, -0.2) is 0 Å². The van der Waals surface area contributed by atoms with E-state index in [1.165, 1.54) is 72.0 Å². The molecule has 1 nitrogen and oxygen atoms in total. The Kier molecular flexibility index (Phi) is 4.41. The smallest absolute Gasteiger partial charge is 0.0549 e. The summed E-state index contributed by atoms with van der Waals surface area (Å²) in [5.41, 5.74) is 12.1. The van der Waals surface area contributed by atoms with E-state index in [1.807, 2.05) is 0 Å². The molecule has 0 radical (unpaired) electrons. The van der Waals surface area contributed by atoms with Crippen molar-refractivity contribution in [3.63, 3.8) is 0 Å². The van der Waals surface area contributed by atoms with Crippen molar-refractivity contribution in [3.8, 4) is 11.1 Å². The number of rotatable bonds is 3. The maximum Gasteiger partial charge on any atom is 0.0549 e. The predicted molar refractivity (Wildman–Crippen MR) is 166 cm³/mol. The molecule has 0 amide bonds. The molecular weight excluding hydrogens is 470 g/mol. The Hall–Kier alpha value is -4.36. The number of fused-ring (bicyclic) bond motifs is 2. The van der Waals surface area contributed by atoms with Crippen LogP contribution in [0.3, 0.4) is 0 Å². The van der Waals surface area contributed by atoms with Crippen LogP contribution in [0.2, 0.25) is 0 Å². The van der Waals surface area contributed by atoms with Gasteiger partial charge in [-0.3, -0.25) is 0 Å². The van der Waals surface area contributed by atoms with E-state index in [2.05, 4.69) is 148 Å². The summed E-state index contributed by atoms with van der Waals surface area (Å²) in [6.45, 7) is 9.65. The molecule has 188 valence electrons. The van der Waals surface area contributed by atoms with E-state index < -0.39 is 0 Å². The first-order chi connectivity index (χ1) is 18.9. The van der Waals surface area contributed by atoms with Crippen LogP contribution >= 0.6 is 0 Å². The van der Waals surface area contributed by atoms with Crippen molar-refractivity contribution < 1.29 is 0 Å². The van der Waals surface area contributed by atoms with Gasteiger partial charge in [0, 0.05) is 27.6 Å². The van der Waals surface area contributed by atoms with Gasteiger partial charge >= 0.3 is 0 Å². The number of nitrogens with zero attached hydrogens (tertiary/aromatic N) is 1. The number of hydrogen-bond acceptors (Lipinski definition) is 1. The lowest BCUT2D eigenvalue weighted by Gasteiger charge is -2.37. The molecule has 0 atom stereocenters. The predicted octanol–water partition coefficient (Wildman–Crippen LogP) is 10.4. The molecule has 0 aliphatic heterocycles. The van der Waals surface area contributed by atoms with Crippen LogP contribution in [0.4, 0.5) is 17.1 Å². The first kappa shape index (κ1) is 22.6. The van der Waals surface area contributed by atoms with Gasteiger partial charge in [-0.15, -0.1) is 0 Å². The average Bonchev–Trinajstić information content (AvgIpc) is 3.19. The molecule has 2 aliphatic carbocycles. The summed E-state index contributed by atoms with van der Waals surface area (Å²) < 4.78 is 0. The molecular formula is C38H31N. The minimum absolute atomic E-state index is 0.0913. The Morgan fingerprint density at radius 1 is 0.462 bits per heavy atom. The summed E-state index contributed by atoms with van der Waals surface area (Å²) in [6.07, 6.45) is 0. The molecule has 2 aliphatic rings. The molecule has 0 N–H and O–H groups in total. The van der Waals surface area contributed by atoms with Crippen LogP contribution < -0.4 is 4.90 Å². The topological polar surface area (TPSA) is 3.24 Å². The van der Waals surface area contributed by atoms with Crippen LogP contribution in [0.5, 0.6) is 0 Å². The Morgan fingerprint density at radius 3 is 1.67 bits per heavy atom. The zero-order chi connectivity index (χ0) is 26.5. The molecule has 0 bridgehead atoms. The van der Waals surface area contributed by atoms with Gasteiger partial charge in [0.25, 0.3) is 0 Å². The SMILES string of the molecule is CC1(C)c2cccc3c2-c2c1cc(N(c1ccccc1)c1ccccc1)c1c2c(cc2ccccc21)C3(C)C. The van der Waals surface area contributed by atoms with Gasteiger partial charge in [0.05, 0.1) is 5.69 Å². The van der Waals surface area contributed by atoms with Crippen molar-refractivity contribution in [3.05, 3.63) is 138 Å². The van der Waals surface area contributed by atoms with Crippen molar-refractivity contribution >= 4 is 38.6 Å². The largest absolute Gasteiger partial charge is 0.310 e. The third kappa shape index (κ3) is 2.85. The number of anilines is 3. The van der Waals surface area contributed by atoms with Gasteiger partial charge in [0.2, 0.25) is 0 Å². The van der Waals surface area contributed by atoms with Crippen LogP contribution in [0.15, 0.2) is 115 Å². The summed E-state index contributed by atoms with van der Waals surface area (Å²) in [5.74, 6) is 0. The Labute approximate surface area is 230 Å². The van der Waals surface area contributed by atoms with E-state index in [0.717, 1.165) is 0 Å². The van der Waals surface area contributed by atoms with Gasteiger partial charge in [-0.05, 0) is 85.9 Å². The highest BCUT2D eigenvalue weighted by molar-refractivity contribution is 6.23. The molecule has 6 aromatic carbocycles. The highest BCUT2D eigenvalue weighted by Gasteiger charge is 2.45. The molecule has 0 heterocycles. The highest BCUT2D eigenvalue weighted by Crippen LogP contribution is 2.62. The third-order valence-electron chi connectivity index (χ3n) is 9.38. The van der Waals surface area contributed by atoms with E-state index in [9.17, 15) is 0 Å². The fraction of sp³-hybridized carbons (Fsp3) is 0.158. The molecule has 0 saturated carbocycles. The normalized spacial score (nSPS) is 15.6. The van der Waals surface area contributed by atoms with E-state index in [-0.39, 0.29) is 10.8 Å². The summed E-state index contributed by atoms with van der Waals surface area (Å²) in [4.78, 5) is 2.47. The van der Waals surface area contributed by atoms with Gasteiger partial charge in [0.15, 0.2) is 0 Å². The Balaban J connectivity index is 1.64. The maximum atomic E-state index is 2.51. The molecule has 0 aromatic heterocycles. The summed E-state index contributed by atoms with van der Waals surface area (Å²) in [6, 6.07) is 42.6. The molecule has 8 rings (SSSR count). The number of benzene rings is 6. The third-order valence-corrected chi connectivity index (χ3v) is 9.38. The monoisotopic (exact) mass is 501 g/mol. The zero-order valence-corrected chi connectivity index (χ0v) is 22.9. The maximum absolute atomic E-state index is 2.51. The second-order valence-corrected chi connectivity index (χ2v) is 12.2. The van der Waals surface area contributed by atoms with Gasteiger partial charge in [-0.25, -0.2) is 0 Å². The lowest BCUT2D eigenvalue weighted by molar-refractivity contribution is 0.640. The van der Waals surface area contributed by atoms with Crippen LogP contribution in [0.1, 0.15) is 49.9 Å². The molecule has 1 heteroatoms. The minimum Gasteiger partial charge on any atom is -0.310 e. The van der Waals surface area contributed by atoms with Crippen LogP contribution in [0.25, 0.3) is 32.7 Å². The van der Waals surface area contributed by atoms with Crippen molar-refractivity contribution in [1.29, 1.82) is 0 Å². The van der Waals surface area contributed by atoms with Crippen LogP contribution in [-0.2, 0) is 10.8 Å². The second-order valence-electron chi connectivity index (χ2n) is 12.2. The van der Waals surface area contributed by atoms with Gasteiger partial charge in [-0.1, -0.05) is 107 Å². The zero-order valence-electron chi connectivity index (χ0n) is 22.9. The average molecular weight is 502 g/mol. The second kappa shape index (κ2) is 7.61. The molecule has 0 unspecified atom stereocenters. The van der Waals surface area contributed by atoms with Gasteiger partial charge in [0.1, 0.15) is 0 Å². The van der Waals surface area contributed by atoms with Crippen molar-refractivity contribution in [2.75, 3.05) is 4.90 Å². The molecule has 0 saturated heterocycles. The first-order valence-corrected chi connectivity index (χ1v) is 14.0. The highest BCUT2D eigenvalue weighted by atomic mass is 15.1. The minimum atomic E-state index is -0.110. The lowest BCUT2D eigenvalue weighted by atomic mass is 9.67. The Morgan fingerprint density at radius 2 is 1.03 bits per heavy atom. The summed E-state index contributed by atoms with van der Waals surface area (Å²) in [5, 5.41) is 5.38. The van der Waals surface area contributed by atoms with Gasteiger partial charge < -0.3 is 4.90 Å². The molecule has 0 fully saturated rings. The van der Waals surface area contributed by atoms with Crippen LogP contribution in [0, 0.1) is 0 Å². The molecule has 0 spiro atoms. The van der Waals surface area contributed by atoms with E-state index in [0.29, 0.717) is 0 Å². The van der Waals surface area contributed by atoms with E-state index in [4.69, 9.17) is 0 Å². The molecule has 39 heavy (non-hydrogen) atoms. The summed E-state index contributed by atoms with van der Waals surface area (Å²) >= 11 is 0. The molecule has 6 aromatic rings. The van der Waals surface area contributed by atoms with Crippen molar-refractivity contribution in [2.24, 2.45) is 0 Å². The van der Waals surface area contributed by atoms with Gasteiger partial charge in [-0.2, -0.15) is 0 Å². The summed E-state index contributed by atoms with van der Waals surface area (Å²) in [7, 11) is 0. The fourth-order valence-corrected chi connectivity index (χ4v) is 7.45. The lowest BCUT2D eigenvalue weighted by Crippen LogP contribution is -2.24. The standard InChI is InChI=1S/C38H31N/c1-37(2)28-20-13-21-29-34(28)36-31(38(29,3)4)23-32(33-27-19-12-11-14-24(27)22-30(37)35(33)36)39(25-15-7-5-8-16-25)26-17-9-6-10-18-26/h5-23H,1-4H3. The van der Waals surface area contributed by atoms with Crippen molar-refractivity contribution in [2.45, 2.75) is 38.5 Å². The van der Waals surface area contributed by atoms with E-state index in [1.54, 1.807) is 0 Å². The first-order valence-electron chi connectivity index (χ1n) is 14.0. The van der Waals surface area contributed by atoms with Crippen molar-refractivity contribution in [1.82, 2.24) is 0 Å². The van der Waals surface area contributed by atoms with E-state index >= 15 is 0 Å². The number of hydrogen-bond donors (Lipinski definition) is 0. The Bertz CT molecular complexity index is 1910.